The molecule has 0 fully saturated rings. The van der Waals surface area contributed by atoms with Crippen LogP contribution < -0.4 is 0 Å². The van der Waals surface area contributed by atoms with E-state index in [-0.39, 0.29) is 10.8 Å². The topological polar surface area (TPSA) is 0 Å². The van der Waals surface area contributed by atoms with Gasteiger partial charge in [0.05, 0.1) is 0 Å². The van der Waals surface area contributed by atoms with Gasteiger partial charge in [-0.05, 0) is 67.2 Å². The van der Waals surface area contributed by atoms with Gasteiger partial charge in [0.25, 0.3) is 0 Å². The number of hydrogen-bond acceptors (Lipinski definition) is 0. The van der Waals surface area contributed by atoms with Crippen LogP contribution in [0.4, 0.5) is 0 Å². The second-order valence-electron chi connectivity index (χ2n) is 5.10. The van der Waals surface area contributed by atoms with Gasteiger partial charge in [0, 0.05) is 10.8 Å². The zero-order valence-corrected chi connectivity index (χ0v) is 9.98. The molecule has 0 saturated heterocycles. The second-order valence-corrected chi connectivity index (χ2v) is 5.10. The van der Waals surface area contributed by atoms with Crippen LogP contribution >= 0.6 is 0 Å². The monoisotopic (exact) mass is 190 g/mol. The maximum atomic E-state index is 5.52. The van der Waals surface area contributed by atoms with Gasteiger partial charge in [-0.15, -0.1) is 0 Å². The quantitative estimate of drug-likeness (QED) is 0.587. The molecule has 78 valence electrons. The van der Waals surface area contributed by atoms with Crippen molar-refractivity contribution in [2.75, 3.05) is 0 Å². The molecular weight excluding hydrogens is 168 g/mol. The number of rotatable bonds is 4. The summed E-state index contributed by atoms with van der Waals surface area (Å²) in [7, 11) is 0. The average molecular weight is 190 g/mol. The van der Waals surface area contributed by atoms with E-state index in [1.165, 1.54) is 0 Å². The van der Waals surface area contributed by atoms with Gasteiger partial charge in [0.1, 0.15) is 0 Å². The third-order valence-electron chi connectivity index (χ3n) is 2.28. The molecule has 0 N–H and O–H groups in total. The fourth-order valence-electron chi connectivity index (χ4n) is 1.19. The third kappa shape index (κ3) is 6.08. The van der Waals surface area contributed by atoms with Crippen LogP contribution in [0, 0.1) is 36.5 Å². The minimum absolute atomic E-state index is 0.0284. The Morgan fingerprint density at radius 3 is 1.29 bits per heavy atom. The van der Waals surface area contributed by atoms with Crippen molar-refractivity contribution in [2.45, 2.75) is 53.4 Å². The molecule has 4 radical (unpaired) electrons. The highest BCUT2D eigenvalue weighted by molar-refractivity contribution is 5.14. The summed E-state index contributed by atoms with van der Waals surface area (Å²) in [5.74, 6) is 6.60. The molecule has 0 rings (SSSR count). The SMILES string of the molecule is [CH]CCC(C)(C)C#CC(C)(C)CC[CH]. The van der Waals surface area contributed by atoms with Crippen molar-refractivity contribution < 1.29 is 0 Å². The van der Waals surface area contributed by atoms with E-state index in [1.54, 1.807) is 0 Å². The zero-order valence-electron chi connectivity index (χ0n) is 9.98. The van der Waals surface area contributed by atoms with Crippen LogP contribution in [0.3, 0.4) is 0 Å². The fourth-order valence-corrected chi connectivity index (χ4v) is 1.19. The van der Waals surface area contributed by atoms with E-state index in [4.69, 9.17) is 13.8 Å². The Kier molecular flexibility index (Phi) is 5.27. The Morgan fingerprint density at radius 2 is 1.07 bits per heavy atom. The Balaban J connectivity index is 4.39. The van der Waals surface area contributed by atoms with Crippen molar-refractivity contribution in [3.05, 3.63) is 13.8 Å². The molecule has 0 aliphatic carbocycles. The lowest BCUT2D eigenvalue weighted by atomic mass is 9.84. The van der Waals surface area contributed by atoms with Crippen LogP contribution in [-0.2, 0) is 0 Å². The summed E-state index contributed by atoms with van der Waals surface area (Å²) in [4.78, 5) is 0. The van der Waals surface area contributed by atoms with Crippen molar-refractivity contribution in [2.24, 2.45) is 10.8 Å². The summed E-state index contributed by atoms with van der Waals surface area (Å²) < 4.78 is 0. The van der Waals surface area contributed by atoms with Gasteiger partial charge in [-0.2, -0.15) is 0 Å². The molecule has 0 aromatic carbocycles. The Labute approximate surface area is 90.5 Å². The Morgan fingerprint density at radius 1 is 0.786 bits per heavy atom. The molecule has 0 bridgehead atoms. The summed E-state index contributed by atoms with van der Waals surface area (Å²) in [6.07, 6.45) is 3.27. The van der Waals surface area contributed by atoms with Crippen LogP contribution in [0.5, 0.6) is 0 Å². The predicted octanol–water partition coefficient (Wildman–Crippen LogP) is 4.02. The van der Waals surface area contributed by atoms with Crippen LogP contribution in [0.2, 0.25) is 0 Å². The minimum atomic E-state index is 0.0284. The molecule has 14 heavy (non-hydrogen) atoms. The normalized spacial score (nSPS) is 12.1. The molecule has 0 aromatic heterocycles. The van der Waals surface area contributed by atoms with E-state index < -0.39 is 0 Å². The van der Waals surface area contributed by atoms with Crippen LogP contribution in [0.1, 0.15) is 53.4 Å². The predicted molar refractivity (Wildman–Crippen MR) is 62.4 cm³/mol. The van der Waals surface area contributed by atoms with Gasteiger partial charge in [-0.1, -0.05) is 11.8 Å². The zero-order chi connectivity index (χ0) is 11.2. The first-order valence-electron chi connectivity index (χ1n) is 5.27. The Hall–Kier alpha value is -0.440. The van der Waals surface area contributed by atoms with Crippen molar-refractivity contribution >= 4 is 0 Å². The molecule has 0 aliphatic rings. The molecular formula is C14H22. The van der Waals surface area contributed by atoms with E-state index in [1.807, 2.05) is 0 Å². The standard InChI is InChI=1S/C14H22/c1-7-9-13(3,4)11-12-14(5,6)10-8-2/h1-2H,7-10H2,3-6H3. The Bertz CT molecular complexity index is 188. The average Bonchev–Trinajstić information content (AvgIpc) is 2.01. The third-order valence-corrected chi connectivity index (χ3v) is 2.28. The molecule has 0 unspecified atom stereocenters. The first-order chi connectivity index (χ1) is 6.33. The molecule has 0 nitrogen and oxygen atoms in total. The highest BCUT2D eigenvalue weighted by atomic mass is 14.2. The first-order valence-corrected chi connectivity index (χ1v) is 5.27. The van der Waals surface area contributed by atoms with Crippen molar-refractivity contribution in [1.29, 1.82) is 0 Å². The van der Waals surface area contributed by atoms with Crippen molar-refractivity contribution in [1.82, 2.24) is 0 Å². The number of hydrogen-bond donors (Lipinski definition) is 0. The molecule has 0 heteroatoms. The smallest absolute Gasteiger partial charge is 0.0258 e. The van der Waals surface area contributed by atoms with E-state index in [9.17, 15) is 0 Å². The van der Waals surface area contributed by atoms with Gasteiger partial charge in [0.2, 0.25) is 0 Å². The largest absolute Gasteiger partial charge is 0.0965 e. The highest BCUT2D eigenvalue weighted by Gasteiger charge is 2.16. The van der Waals surface area contributed by atoms with E-state index in [0.717, 1.165) is 12.8 Å². The van der Waals surface area contributed by atoms with Crippen LogP contribution in [0.15, 0.2) is 0 Å². The van der Waals surface area contributed by atoms with E-state index >= 15 is 0 Å². The molecule has 0 atom stereocenters. The summed E-state index contributed by atoms with van der Waals surface area (Å²) >= 11 is 0. The molecule has 0 saturated carbocycles. The molecule has 0 spiro atoms. The van der Waals surface area contributed by atoms with Crippen LogP contribution in [-0.4, -0.2) is 0 Å². The van der Waals surface area contributed by atoms with Gasteiger partial charge >= 0.3 is 0 Å². The van der Waals surface area contributed by atoms with Gasteiger partial charge < -0.3 is 0 Å². The summed E-state index contributed by atoms with van der Waals surface area (Å²) in [5.41, 5.74) is 0.0568. The first kappa shape index (κ1) is 13.6. The maximum absolute atomic E-state index is 5.52. The van der Waals surface area contributed by atoms with Gasteiger partial charge in [0.15, 0.2) is 0 Å². The van der Waals surface area contributed by atoms with E-state index in [0.29, 0.717) is 12.8 Å². The lowest BCUT2D eigenvalue weighted by Gasteiger charge is -2.20. The van der Waals surface area contributed by atoms with Gasteiger partial charge in [-0.3, -0.25) is 0 Å². The molecule has 0 amide bonds. The van der Waals surface area contributed by atoms with Crippen molar-refractivity contribution in [3.8, 4) is 11.8 Å². The molecule has 0 aliphatic heterocycles. The summed E-state index contributed by atoms with van der Waals surface area (Å²) in [5, 5.41) is 0. The maximum Gasteiger partial charge on any atom is 0.0258 e. The minimum Gasteiger partial charge on any atom is -0.0965 e. The summed E-state index contributed by atoms with van der Waals surface area (Å²) in [6.45, 7) is 19.6. The fraction of sp³-hybridized carbons (Fsp3) is 0.714. The molecule has 0 aromatic rings. The highest BCUT2D eigenvalue weighted by Crippen LogP contribution is 2.24. The lowest BCUT2D eigenvalue weighted by Crippen LogP contribution is -2.12. The summed E-state index contributed by atoms with van der Waals surface area (Å²) in [6, 6.07) is 0. The van der Waals surface area contributed by atoms with Crippen molar-refractivity contribution in [3.63, 3.8) is 0 Å². The van der Waals surface area contributed by atoms with Crippen LogP contribution in [0.25, 0.3) is 0 Å². The van der Waals surface area contributed by atoms with E-state index in [2.05, 4.69) is 39.5 Å². The van der Waals surface area contributed by atoms with Gasteiger partial charge in [-0.25, -0.2) is 0 Å². The molecule has 0 heterocycles. The second kappa shape index (κ2) is 5.44. The lowest BCUT2D eigenvalue weighted by molar-refractivity contribution is 0.440.